The molecule has 22 heteroatoms. The van der Waals surface area contributed by atoms with Crippen molar-refractivity contribution in [2.24, 2.45) is 0 Å². The summed E-state index contributed by atoms with van der Waals surface area (Å²) in [6.45, 7) is -1.37. The number of nitrogens with zero attached hydrogens (tertiary/aromatic N) is 11. The molecule has 7 aromatic rings. The first-order valence-corrected chi connectivity index (χ1v) is 16.2. The number of aromatic amines is 1. The molecule has 0 radical (unpaired) electrons. The molecule has 7 heterocycles. The van der Waals surface area contributed by atoms with E-state index >= 15 is 0 Å². The fourth-order valence-corrected chi connectivity index (χ4v) is 5.38. The Morgan fingerprint density at radius 3 is 1.67 bits per heavy atom. The number of hydrogen-bond donors (Lipinski definition) is 3. The fourth-order valence-electron chi connectivity index (χ4n) is 5.38. The van der Waals surface area contributed by atoms with Gasteiger partial charge in [0.1, 0.15) is 19.0 Å². The van der Waals surface area contributed by atoms with Crippen LogP contribution in [0.4, 0.5) is 37.8 Å². The van der Waals surface area contributed by atoms with Crippen LogP contribution in [0.2, 0.25) is 0 Å². The Balaban J connectivity index is 0.000000193. The zero-order valence-electron chi connectivity index (χ0n) is 28.9. The summed E-state index contributed by atoms with van der Waals surface area (Å²) in [6, 6.07) is 11.8. The highest BCUT2D eigenvalue weighted by molar-refractivity contribution is 5.89. The molecule has 16 nitrogen and oxygen atoms in total. The number of nitrogens with one attached hydrogen (secondary N) is 1. The van der Waals surface area contributed by atoms with Gasteiger partial charge in [0, 0.05) is 70.6 Å². The minimum Gasteiger partial charge on any atom is -0.395 e. The van der Waals surface area contributed by atoms with Crippen molar-refractivity contribution in [2.45, 2.75) is 24.6 Å². The predicted molar refractivity (Wildman–Crippen MR) is 188 cm³/mol. The van der Waals surface area contributed by atoms with Crippen LogP contribution in [-0.4, -0.2) is 75.0 Å². The molecule has 0 aliphatic heterocycles. The van der Waals surface area contributed by atoms with Crippen LogP contribution in [0.15, 0.2) is 92.3 Å². The van der Waals surface area contributed by atoms with Crippen molar-refractivity contribution >= 4 is 22.7 Å². The molecule has 57 heavy (non-hydrogen) atoms. The van der Waals surface area contributed by atoms with Crippen LogP contribution in [0, 0.1) is 22.7 Å². The van der Waals surface area contributed by atoms with Crippen LogP contribution in [-0.2, 0) is 9.47 Å². The predicted octanol–water partition coefficient (Wildman–Crippen LogP) is 5.99. The first-order chi connectivity index (χ1) is 27.3. The molecule has 0 fully saturated rings. The third-order valence-corrected chi connectivity index (χ3v) is 7.97. The minimum absolute atomic E-state index is 0.184. The summed E-state index contributed by atoms with van der Waals surface area (Å²) < 4.78 is 90.8. The molecule has 0 aliphatic carbocycles. The molecule has 0 aliphatic rings. The number of anilines is 2. The van der Waals surface area contributed by atoms with Gasteiger partial charge in [0.05, 0.1) is 42.1 Å². The van der Waals surface area contributed by atoms with Gasteiger partial charge in [0.25, 0.3) is 0 Å². The molecule has 0 amide bonds. The van der Waals surface area contributed by atoms with Gasteiger partial charge in [-0.3, -0.25) is 0 Å². The molecule has 2 unspecified atom stereocenters. The number of fused-ring (bicyclic) bond motifs is 1. The molecule has 0 saturated carbocycles. The van der Waals surface area contributed by atoms with E-state index in [0.29, 0.717) is 28.3 Å². The Kier molecular flexibility index (Phi) is 11.4. The van der Waals surface area contributed by atoms with Crippen molar-refractivity contribution in [1.82, 2.24) is 49.5 Å². The van der Waals surface area contributed by atoms with Crippen LogP contribution in [0.3, 0.4) is 0 Å². The van der Waals surface area contributed by atoms with Crippen LogP contribution in [0.25, 0.3) is 45.1 Å². The van der Waals surface area contributed by atoms with E-state index in [-0.39, 0.29) is 22.8 Å². The summed E-state index contributed by atoms with van der Waals surface area (Å²) in [5.74, 6) is 0.802. The molecule has 0 spiro atoms. The summed E-state index contributed by atoms with van der Waals surface area (Å²) >= 11 is 0. The number of nitrogens with two attached hydrogens (primary N) is 2. The number of pyridine rings is 4. The lowest BCUT2D eigenvalue weighted by Crippen LogP contribution is -2.24. The van der Waals surface area contributed by atoms with Crippen molar-refractivity contribution in [3.63, 3.8) is 0 Å². The van der Waals surface area contributed by atoms with Crippen molar-refractivity contribution in [3.05, 3.63) is 103 Å². The molecule has 290 valence electrons. The van der Waals surface area contributed by atoms with Crippen molar-refractivity contribution in [3.8, 4) is 46.0 Å². The average molecular weight is 789 g/mol. The molecule has 7 rings (SSSR count). The number of halogens is 6. The van der Waals surface area contributed by atoms with Gasteiger partial charge >= 0.3 is 12.4 Å². The van der Waals surface area contributed by atoms with E-state index < -0.39 is 37.8 Å². The maximum atomic E-state index is 13.2. The quantitative estimate of drug-likeness (QED) is 0.135. The number of alkyl halides is 6. The number of ether oxygens (including phenoxy) is 2. The number of nitrogen functional groups attached to an aromatic ring is 2. The fraction of sp³-hybridized carbons (Fsp3) is 0.171. The maximum absolute atomic E-state index is 13.2. The summed E-state index contributed by atoms with van der Waals surface area (Å²) in [5, 5.41) is 25.3. The maximum Gasteiger partial charge on any atom is 0.418 e. The number of hydrogen-bond acceptors (Lipinski definition) is 13. The number of H-pyrrole nitrogens is 1. The molecular weight excluding hydrogens is 762 g/mol. The lowest BCUT2D eigenvalue weighted by atomic mass is 10.1. The first kappa shape index (κ1) is 39.3. The van der Waals surface area contributed by atoms with Crippen LogP contribution in [0.5, 0.6) is 0 Å². The summed E-state index contributed by atoms with van der Waals surface area (Å²) in [6.07, 6.45) is -0.572. The molecular formula is C35H26F6N14O2. The third-order valence-electron chi connectivity index (χ3n) is 7.97. The molecule has 7 aromatic heterocycles. The SMILES string of the molecule is N#CCOC(c1ccc(-n2cc(-c3ccnc(N)c3N)cn2)nc1)C(F)(F)F.N#CCOC(c1ccc(-n2cc(-c3ccnc4nc[nH]c34)cn2)nc1)C(F)(F)F. The normalized spacial score (nSPS) is 12.6. The summed E-state index contributed by atoms with van der Waals surface area (Å²) in [7, 11) is 0. The highest BCUT2D eigenvalue weighted by Crippen LogP contribution is 2.37. The van der Waals surface area contributed by atoms with E-state index in [0.717, 1.165) is 29.0 Å². The highest BCUT2D eigenvalue weighted by Gasteiger charge is 2.43. The highest BCUT2D eigenvalue weighted by atomic mass is 19.4. The summed E-state index contributed by atoms with van der Waals surface area (Å²) in [4.78, 5) is 23.2. The van der Waals surface area contributed by atoms with Gasteiger partial charge in [0.2, 0.25) is 0 Å². The number of aromatic nitrogens is 10. The topological polar surface area (TPSA) is 234 Å². The monoisotopic (exact) mass is 788 g/mol. The number of imidazole rings is 1. The van der Waals surface area contributed by atoms with Gasteiger partial charge in [-0.05, 0) is 24.3 Å². The first-order valence-electron chi connectivity index (χ1n) is 16.2. The van der Waals surface area contributed by atoms with E-state index in [1.54, 1.807) is 36.9 Å². The molecule has 0 bridgehead atoms. The Morgan fingerprint density at radius 1 is 0.667 bits per heavy atom. The molecule has 2 atom stereocenters. The van der Waals surface area contributed by atoms with Crippen LogP contribution >= 0.6 is 0 Å². The number of nitriles is 2. The van der Waals surface area contributed by atoms with Crippen molar-refractivity contribution < 1.29 is 35.8 Å². The minimum atomic E-state index is -4.67. The Morgan fingerprint density at radius 2 is 1.18 bits per heavy atom. The Labute approximate surface area is 317 Å². The molecule has 0 saturated heterocycles. The second-order valence-electron chi connectivity index (χ2n) is 11.6. The standard InChI is InChI=1S/C18H12F3N7O.C17H14F3N7O/c19-18(20,21)16(29-6-4-22)11-1-2-14(24-7-11)28-9-12(8-27-28)13-3-5-23-17-15(13)25-10-26-17;18-17(19,20)15(28-6-4-21)10-1-2-13(25-7-10)27-9-11(8-26-27)12-3-5-24-16(23)14(12)22/h1-3,5,7-10,16H,6H2,(H,23,25,26);1-3,5,7-9,15H,6,22H2,(H2,23,24). The largest absolute Gasteiger partial charge is 0.418 e. The Bertz CT molecular complexity index is 2540. The van der Waals surface area contributed by atoms with Gasteiger partial charge in [-0.15, -0.1) is 0 Å². The van der Waals surface area contributed by atoms with Gasteiger partial charge in [-0.25, -0.2) is 34.3 Å². The van der Waals surface area contributed by atoms with E-state index in [4.69, 9.17) is 22.0 Å². The van der Waals surface area contributed by atoms with E-state index in [2.05, 4.69) is 49.6 Å². The zero-order chi connectivity index (χ0) is 40.7. The Hall–Kier alpha value is -7.43. The lowest BCUT2D eigenvalue weighted by molar-refractivity contribution is -0.220. The van der Waals surface area contributed by atoms with E-state index in [1.165, 1.54) is 64.5 Å². The van der Waals surface area contributed by atoms with Crippen LogP contribution in [0.1, 0.15) is 23.3 Å². The average Bonchev–Trinajstić information content (AvgIpc) is 3.98. The van der Waals surface area contributed by atoms with Crippen molar-refractivity contribution in [2.75, 3.05) is 24.7 Å². The van der Waals surface area contributed by atoms with Gasteiger partial charge in [-0.2, -0.15) is 47.1 Å². The van der Waals surface area contributed by atoms with Gasteiger partial charge in [0.15, 0.2) is 29.5 Å². The van der Waals surface area contributed by atoms with Gasteiger partial charge in [-0.1, -0.05) is 12.1 Å². The third kappa shape index (κ3) is 8.94. The zero-order valence-corrected chi connectivity index (χ0v) is 28.9. The number of rotatable bonds is 10. The van der Waals surface area contributed by atoms with E-state index in [9.17, 15) is 26.3 Å². The second-order valence-corrected chi connectivity index (χ2v) is 11.6. The van der Waals surface area contributed by atoms with Crippen molar-refractivity contribution in [1.29, 1.82) is 10.5 Å². The molecule has 0 aromatic carbocycles. The van der Waals surface area contributed by atoms with E-state index in [1.807, 2.05) is 0 Å². The van der Waals surface area contributed by atoms with Crippen LogP contribution < -0.4 is 11.5 Å². The smallest absolute Gasteiger partial charge is 0.395 e. The lowest BCUT2D eigenvalue weighted by Gasteiger charge is -2.19. The second kappa shape index (κ2) is 16.5. The van der Waals surface area contributed by atoms with Gasteiger partial charge < -0.3 is 25.9 Å². The molecule has 5 N–H and O–H groups in total. The summed E-state index contributed by atoms with van der Waals surface area (Å²) in [5.41, 5.74) is 15.7.